The van der Waals surface area contributed by atoms with Crippen LogP contribution >= 0.6 is 11.6 Å². The van der Waals surface area contributed by atoms with Crippen molar-refractivity contribution < 1.29 is 14.6 Å². The van der Waals surface area contributed by atoms with E-state index in [0.29, 0.717) is 18.1 Å². The molecular weight excluding hydrogens is 276 g/mol. The smallest absolute Gasteiger partial charge is 0.122 e. The number of aliphatic hydroxyl groups excluding tert-OH is 1. The average molecular weight is 301 g/mol. The maximum atomic E-state index is 10.5. The van der Waals surface area contributed by atoms with Gasteiger partial charge in [0.15, 0.2) is 0 Å². The number of methoxy groups -OCH3 is 1. The van der Waals surface area contributed by atoms with E-state index in [1.165, 1.54) is 0 Å². The summed E-state index contributed by atoms with van der Waals surface area (Å²) >= 11 is 6.02. The first-order valence-corrected chi connectivity index (χ1v) is 7.29. The third-order valence-electron chi connectivity index (χ3n) is 3.22. The summed E-state index contributed by atoms with van der Waals surface area (Å²) < 4.78 is 11.0. The second-order valence-corrected chi connectivity index (χ2v) is 6.41. The van der Waals surface area contributed by atoms with E-state index in [1.807, 2.05) is 19.1 Å². The summed E-state index contributed by atoms with van der Waals surface area (Å²) in [7, 11) is 1.61. The number of aliphatic hydroxyl groups is 1. The predicted octanol–water partition coefficient (Wildman–Crippen LogP) is 3.70. The van der Waals surface area contributed by atoms with E-state index in [-0.39, 0.29) is 11.5 Å². The molecule has 4 heteroatoms. The standard InChI is InChI=1S/C16H25ClO3/c1-6-20-15(16(2,3)4)13(18)10-11-9-12(17)7-8-14(11)19-5/h7-9,13,15,18H,6,10H2,1-5H3. The lowest BCUT2D eigenvalue weighted by Gasteiger charge is -2.34. The number of hydrogen-bond acceptors (Lipinski definition) is 3. The molecule has 2 unspecified atom stereocenters. The molecule has 0 bridgehead atoms. The fourth-order valence-corrected chi connectivity index (χ4v) is 2.55. The van der Waals surface area contributed by atoms with Crippen molar-refractivity contribution in [1.29, 1.82) is 0 Å². The van der Waals surface area contributed by atoms with E-state index in [0.717, 1.165) is 11.3 Å². The Bertz CT molecular complexity index is 426. The lowest BCUT2D eigenvalue weighted by molar-refractivity contribution is -0.0874. The van der Waals surface area contributed by atoms with Crippen LogP contribution in [0.5, 0.6) is 5.75 Å². The molecule has 20 heavy (non-hydrogen) atoms. The molecule has 0 saturated carbocycles. The topological polar surface area (TPSA) is 38.7 Å². The van der Waals surface area contributed by atoms with Crippen molar-refractivity contribution in [3.63, 3.8) is 0 Å². The van der Waals surface area contributed by atoms with Crippen LogP contribution < -0.4 is 4.74 Å². The highest BCUT2D eigenvalue weighted by Crippen LogP contribution is 2.30. The third kappa shape index (κ3) is 4.65. The van der Waals surface area contributed by atoms with Crippen molar-refractivity contribution in [2.24, 2.45) is 5.41 Å². The molecule has 0 spiro atoms. The molecule has 3 nitrogen and oxygen atoms in total. The summed E-state index contributed by atoms with van der Waals surface area (Å²) in [5, 5.41) is 11.2. The van der Waals surface area contributed by atoms with E-state index in [2.05, 4.69) is 20.8 Å². The van der Waals surface area contributed by atoms with E-state index < -0.39 is 6.10 Å². The van der Waals surface area contributed by atoms with E-state index >= 15 is 0 Å². The fourth-order valence-electron chi connectivity index (χ4n) is 2.36. The number of hydrogen-bond donors (Lipinski definition) is 1. The summed E-state index contributed by atoms with van der Waals surface area (Å²) in [4.78, 5) is 0. The Morgan fingerprint density at radius 3 is 2.45 bits per heavy atom. The van der Waals surface area contributed by atoms with Crippen LogP contribution in [0.15, 0.2) is 18.2 Å². The molecule has 0 aliphatic carbocycles. The van der Waals surface area contributed by atoms with Gasteiger partial charge in [-0.05, 0) is 36.1 Å². The number of halogens is 1. The fraction of sp³-hybridized carbons (Fsp3) is 0.625. The molecule has 1 rings (SSSR count). The van der Waals surface area contributed by atoms with Gasteiger partial charge in [0.1, 0.15) is 5.75 Å². The molecule has 0 fully saturated rings. The molecule has 1 N–H and O–H groups in total. The first-order chi connectivity index (χ1) is 9.29. The highest BCUT2D eigenvalue weighted by Gasteiger charge is 2.32. The molecule has 2 atom stereocenters. The molecule has 0 saturated heterocycles. The van der Waals surface area contributed by atoms with Crippen LogP contribution in [0.1, 0.15) is 33.3 Å². The third-order valence-corrected chi connectivity index (χ3v) is 3.46. The summed E-state index contributed by atoms with van der Waals surface area (Å²) in [6.07, 6.45) is -0.399. The van der Waals surface area contributed by atoms with Crippen molar-refractivity contribution in [3.8, 4) is 5.75 Å². The van der Waals surface area contributed by atoms with Crippen molar-refractivity contribution >= 4 is 11.6 Å². The lowest BCUT2D eigenvalue weighted by atomic mass is 9.83. The van der Waals surface area contributed by atoms with Gasteiger partial charge in [-0.1, -0.05) is 32.4 Å². The Labute approximate surface area is 126 Å². The minimum atomic E-state index is -0.609. The van der Waals surface area contributed by atoms with Crippen LogP contribution in [-0.2, 0) is 11.2 Å². The number of benzene rings is 1. The van der Waals surface area contributed by atoms with Gasteiger partial charge in [-0.25, -0.2) is 0 Å². The summed E-state index contributed by atoms with van der Waals surface area (Å²) in [6, 6.07) is 5.42. The van der Waals surface area contributed by atoms with Gasteiger partial charge >= 0.3 is 0 Å². The van der Waals surface area contributed by atoms with E-state index in [4.69, 9.17) is 21.1 Å². The second-order valence-electron chi connectivity index (χ2n) is 5.97. The molecule has 0 radical (unpaired) electrons. The average Bonchev–Trinajstić information content (AvgIpc) is 2.34. The first-order valence-electron chi connectivity index (χ1n) is 6.91. The minimum Gasteiger partial charge on any atom is -0.496 e. The maximum absolute atomic E-state index is 10.5. The Kier molecular flexibility index (Phi) is 6.31. The normalized spacial score (nSPS) is 14.9. The SMILES string of the molecule is CCOC(C(O)Cc1cc(Cl)ccc1OC)C(C)(C)C. The summed E-state index contributed by atoms with van der Waals surface area (Å²) in [5.41, 5.74) is 0.753. The van der Waals surface area contributed by atoms with Crippen molar-refractivity contribution in [1.82, 2.24) is 0 Å². The minimum absolute atomic E-state index is 0.138. The highest BCUT2D eigenvalue weighted by atomic mass is 35.5. The molecule has 1 aromatic rings. The Balaban J connectivity index is 2.93. The highest BCUT2D eigenvalue weighted by molar-refractivity contribution is 6.30. The zero-order chi connectivity index (χ0) is 15.3. The zero-order valence-electron chi connectivity index (χ0n) is 12.9. The van der Waals surface area contributed by atoms with E-state index in [9.17, 15) is 5.11 Å². The summed E-state index contributed by atoms with van der Waals surface area (Å²) in [5.74, 6) is 0.734. The van der Waals surface area contributed by atoms with Gasteiger partial charge in [0.2, 0.25) is 0 Å². The maximum Gasteiger partial charge on any atom is 0.122 e. The Hall–Kier alpha value is -0.770. The summed E-state index contributed by atoms with van der Waals surface area (Å²) in [6.45, 7) is 8.69. The van der Waals surface area contributed by atoms with Gasteiger partial charge < -0.3 is 14.6 Å². The van der Waals surface area contributed by atoms with E-state index in [1.54, 1.807) is 13.2 Å². The van der Waals surface area contributed by atoms with Gasteiger partial charge in [0.05, 0.1) is 19.3 Å². The van der Waals surface area contributed by atoms with Crippen LogP contribution in [0, 0.1) is 5.41 Å². The largest absolute Gasteiger partial charge is 0.496 e. The predicted molar refractivity (Wildman–Crippen MR) is 82.6 cm³/mol. The number of rotatable bonds is 6. The monoisotopic (exact) mass is 300 g/mol. The molecule has 0 aliphatic rings. The van der Waals surface area contributed by atoms with Crippen LogP contribution in [0.3, 0.4) is 0 Å². The van der Waals surface area contributed by atoms with Gasteiger partial charge in [-0.3, -0.25) is 0 Å². The molecule has 0 heterocycles. The van der Waals surface area contributed by atoms with Crippen molar-refractivity contribution in [2.45, 2.75) is 46.3 Å². The first kappa shape index (κ1) is 17.3. The molecule has 1 aromatic carbocycles. The molecule has 0 amide bonds. The quantitative estimate of drug-likeness (QED) is 0.870. The van der Waals surface area contributed by atoms with Crippen LogP contribution in [0.2, 0.25) is 5.02 Å². The number of ether oxygens (including phenoxy) is 2. The van der Waals surface area contributed by atoms with Gasteiger partial charge in [0.25, 0.3) is 0 Å². The Morgan fingerprint density at radius 2 is 1.95 bits per heavy atom. The molecule has 0 aromatic heterocycles. The van der Waals surface area contributed by atoms with Crippen molar-refractivity contribution in [2.75, 3.05) is 13.7 Å². The van der Waals surface area contributed by atoms with Crippen molar-refractivity contribution in [3.05, 3.63) is 28.8 Å². The van der Waals surface area contributed by atoms with Crippen LogP contribution in [-0.4, -0.2) is 31.0 Å². The lowest BCUT2D eigenvalue weighted by Crippen LogP contribution is -2.41. The Morgan fingerprint density at radius 1 is 1.30 bits per heavy atom. The molecular formula is C16H25ClO3. The molecule has 0 aliphatic heterocycles. The van der Waals surface area contributed by atoms with Gasteiger partial charge in [-0.15, -0.1) is 0 Å². The second kappa shape index (κ2) is 7.30. The zero-order valence-corrected chi connectivity index (χ0v) is 13.7. The molecule has 114 valence electrons. The van der Waals surface area contributed by atoms with Gasteiger partial charge in [0, 0.05) is 18.1 Å². The van der Waals surface area contributed by atoms with Gasteiger partial charge in [-0.2, -0.15) is 0 Å². The van der Waals surface area contributed by atoms with Crippen LogP contribution in [0.4, 0.5) is 0 Å². The van der Waals surface area contributed by atoms with Crippen LogP contribution in [0.25, 0.3) is 0 Å².